The Bertz CT molecular complexity index is 701. The Kier molecular flexibility index (Phi) is 4.92. The third-order valence-electron chi connectivity index (χ3n) is 4.81. The number of carboxylic acids is 1. The summed E-state index contributed by atoms with van der Waals surface area (Å²) in [5, 5.41) is 14.6. The van der Waals surface area contributed by atoms with Crippen molar-refractivity contribution in [1.82, 2.24) is 14.7 Å². The van der Waals surface area contributed by atoms with E-state index < -0.39 is 5.97 Å². The average molecular weight is 348 g/mol. The van der Waals surface area contributed by atoms with Crippen molar-refractivity contribution in [2.75, 3.05) is 0 Å². The lowest BCUT2D eigenvalue weighted by Gasteiger charge is -2.41. The highest BCUT2D eigenvalue weighted by Crippen LogP contribution is 2.29. The van der Waals surface area contributed by atoms with Crippen LogP contribution in [0.15, 0.2) is 36.5 Å². The first kappa shape index (κ1) is 17.0. The van der Waals surface area contributed by atoms with E-state index in [1.54, 1.807) is 0 Å². The fourth-order valence-electron chi connectivity index (χ4n) is 3.51. The Morgan fingerprint density at radius 3 is 2.42 bits per heavy atom. The highest BCUT2D eigenvalue weighted by molar-refractivity contribution is 6.30. The van der Waals surface area contributed by atoms with Gasteiger partial charge in [-0.3, -0.25) is 9.69 Å². The molecule has 1 aliphatic heterocycles. The van der Waals surface area contributed by atoms with Gasteiger partial charge in [0.25, 0.3) is 0 Å². The molecule has 0 saturated carbocycles. The maximum Gasteiger partial charge on any atom is 0.306 e. The molecule has 1 fully saturated rings. The van der Waals surface area contributed by atoms with Crippen molar-refractivity contribution in [1.29, 1.82) is 0 Å². The van der Waals surface area contributed by atoms with E-state index >= 15 is 0 Å². The molecule has 2 heterocycles. The monoisotopic (exact) mass is 347 g/mol. The van der Waals surface area contributed by atoms with E-state index in [-0.39, 0.29) is 18.0 Å². The van der Waals surface area contributed by atoms with Crippen LogP contribution in [0.5, 0.6) is 0 Å². The van der Waals surface area contributed by atoms with E-state index in [1.807, 2.05) is 41.2 Å². The van der Waals surface area contributed by atoms with Crippen molar-refractivity contribution >= 4 is 17.6 Å². The predicted molar refractivity (Wildman–Crippen MR) is 93.4 cm³/mol. The number of carboxylic acid groups (broad SMARTS) is 1. The van der Waals surface area contributed by atoms with Gasteiger partial charge in [-0.05, 0) is 57.0 Å². The minimum absolute atomic E-state index is 0.232. The van der Waals surface area contributed by atoms with Crippen molar-refractivity contribution in [2.24, 2.45) is 5.92 Å². The van der Waals surface area contributed by atoms with Crippen molar-refractivity contribution in [3.63, 3.8) is 0 Å². The number of aromatic nitrogens is 2. The second-order valence-corrected chi connectivity index (χ2v) is 7.04. The van der Waals surface area contributed by atoms with Crippen LogP contribution in [0, 0.1) is 5.92 Å². The highest BCUT2D eigenvalue weighted by atomic mass is 35.5. The summed E-state index contributed by atoms with van der Waals surface area (Å²) in [6, 6.07) is 10.0. The van der Waals surface area contributed by atoms with E-state index in [2.05, 4.69) is 23.8 Å². The van der Waals surface area contributed by atoms with Crippen molar-refractivity contribution in [3.8, 4) is 5.69 Å². The van der Waals surface area contributed by atoms with E-state index in [4.69, 9.17) is 11.6 Å². The zero-order valence-corrected chi connectivity index (χ0v) is 14.6. The lowest BCUT2D eigenvalue weighted by atomic mass is 9.87. The van der Waals surface area contributed by atoms with Gasteiger partial charge in [0, 0.05) is 29.8 Å². The van der Waals surface area contributed by atoms with Crippen LogP contribution >= 0.6 is 11.6 Å². The third-order valence-corrected chi connectivity index (χ3v) is 5.06. The van der Waals surface area contributed by atoms with Crippen LogP contribution in [0.1, 0.15) is 32.4 Å². The largest absolute Gasteiger partial charge is 0.481 e. The van der Waals surface area contributed by atoms with Crippen molar-refractivity contribution in [3.05, 3.63) is 47.2 Å². The topological polar surface area (TPSA) is 58.4 Å². The Morgan fingerprint density at radius 2 is 1.83 bits per heavy atom. The predicted octanol–water partition coefficient (Wildman–Crippen LogP) is 3.60. The molecule has 1 N–H and O–H groups in total. The van der Waals surface area contributed by atoms with Crippen LogP contribution in [0.2, 0.25) is 5.02 Å². The number of aliphatic carboxylic acids is 1. The molecule has 0 bridgehead atoms. The molecule has 0 spiro atoms. The highest BCUT2D eigenvalue weighted by Gasteiger charge is 2.34. The first-order valence-electron chi connectivity index (χ1n) is 8.23. The molecular weight excluding hydrogens is 326 g/mol. The first-order valence-corrected chi connectivity index (χ1v) is 8.61. The van der Waals surface area contributed by atoms with Gasteiger partial charge in [-0.1, -0.05) is 11.6 Å². The standard InChI is InChI=1S/C18H22ClN3O2/c1-12-9-14(18(23)24)10-13(2)21(12)11-16-7-8-22(20-16)17-5-3-15(19)4-6-17/h3-8,12-14H,9-11H2,1-2H3,(H,23,24). The van der Waals surface area contributed by atoms with Crippen LogP contribution in [-0.4, -0.2) is 37.8 Å². The molecule has 1 aliphatic rings. The average Bonchev–Trinajstić information content (AvgIpc) is 3.00. The summed E-state index contributed by atoms with van der Waals surface area (Å²) in [5.41, 5.74) is 1.95. The van der Waals surface area contributed by atoms with Gasteiger partial charge in [-0.2, -0.15) is 5.10 Å². The Labute approximate surface area is 146 Å². The van der Waals surface area contributed by atoms with Gasteiger partial charge in [0.2, 0.25) is 0 Å². The molecule has 1 aromatic heterocycles. The van der Waals surface area contributed by atoms with Gasteiger partial charge >= 0.3 is 5.97 Å². The maximum absolute atomic E-state index is 11.3. The second-order valence-electron chi connectivity index (χ2n) is 6.61. The molecule has 2 atom stereocenters. The van der Waals surface area contributed by atoms with Crippen molar-refractivity contribution in [2.45, 2.75) is 45.3 Å². The van der Waals surface area contributed by atoms with Crippen LogP contribution in [0.4, 0.5) is 0 Å². The fraction of sp³-hybridized carbons (Fsp3) is 0.444. The van der Waals surface area contributed by atoms with E-state index in [0.717, 1.165) is 17.9 Å². The van der Waals surface area contributed by atoms with Crippen LogP contribution < -0.4 is 0 Å². The van der Waals surface area contributed by atoms with Crippen LogP contribution in [-0.2, 0) is 11.3 Å². The summed E-state index contributed by atoms with van der Waals surface area (Å²) in [4.78, 5) is 13.6. The van der Waals surface area contributed by atoms with E-state index in [0.29, 0.717) is 17.9 Å². The number of carbonyl (C=O) groups is 1. The quantitative estimate of drug-likeness (QED) is 0.918. The van der Waals surface area contributed by atoms with Crippen LogP contribution in [0.25, 0.3) is 5.69 Å². The number of piperidine rings is 1. The first-order chi connectivity index (χ1) is 11.4. The molecule has 1 aromatic carbocycles. The number of halogens is 1. The van der Waals surface area contributed by atoms with Gasteiger partial charge in [0.05, 0.1) is 17.3 Å². The Balaban J connectivity index is 1.70. The van der Waals surface area contributed by atoms with Gasteiger partial charge < -0.3 is 5.11 Å². The molecular formula is C18H22ClN3O2. The van der Waals surface area contributed by atoms with Crippen molar-refractivity contribution < 1.29 is 9.90 Å². The second kappa shape index (κ2) is 6.95. The number of rotatable bonds is 4. The summed E-state index contributed by atoms with van der Waals surface area (Å²) in [7, 11) is 0. The SMILES string of the molecule is CC1CC(C(=O)O)CC(C)N1Cc1ccn(-c2ccc(Cl)cc2)n1. The molecule has 3 rings (SSSR count). The molecule has 128 valence electrons. The molecule has 0 aliphatic carbocycles. The number of benzene rings is 1. The summed E-state index contributed by atoms with van der Waals surface area (Å²) in [5.74, 6) is -0.918. The normalized spacial score (nSPS) is 24.9. The molecule has 2 unspecified atom stereocenters. The third kappa shape index (κ3) is 3.62. The Hall–Kier alpha value is -1.85. The Morgan fingerprint density at radius 1 is 1.21 bits per heavy atom. The molecule has 0 amide bonds. The zero-order chi connectivity index (χ0) is 17.3. The fourth-order valence-corrected chi connectivity index (χ4v) is 3.63. The summed E-state index contributed by atoms with van der Waals surface area (Å²) < 4.78 is 1.84. The molecule has 2 aromatic rings. The number of hydrogen-bond acceptors (Lipinski definition) is 3. The molecule has 24 heavy (non-hydrogen) atoms. The lowest BCUT2D eigenvalue weighted by Crippen LogP contribution is -2.47. The molecule has 5 nitrogen and oxygen atoms in total. The number of likely N-dealkylation sites (tertiary alicyclic amines) is 1. The van der Waals surface area contributed by atoms with Gasteiger partial charge in [0.15, 0.2) is 0 Å². The van der Waals surface area contributed by atoms with Crippen LogP contribution in [0.3, 0.4) is 0 Å². The lowest BCUT2D eigenvalue weighted by molar-refractivity contribution is -0.145. The summed E-state index contributed by atoms with van der Waals surface area (Å²) in [6.07, 6.45) is 3.33. The van der Waals surface area contributed by atoms with Gasteiger partial charge in [0.1, 0.15) is 0 Å². The number of hydrogen-bond donors (Lipinski definition) is 1. The number of nitrogens with zero attached hydrogens (tertiary/aromatic N) is 3. The maximum atomic E-state index is 11.3. The molecule has 6 heteroatoms. The zero-order valence-electron chi connectivity index (χ0n) is 13.9. The van der Waals surface area contributed by atoms with E-state index in [9.17, 15) is 9.90 Å². The van der Waals surface area contributed by atoms with Gasteiger partial charge in [-0.15, -0.1) is 0 Å². The summed E-state index contributed by atoms with van der Waals surface area (Å²) >= 11 is 5.92. The van der Waals surface area contributed by atoms with E-state index in [1.165, 1.54) is 0 Å². The summed E-state index contributed by atoms with van der Waals surface area (Å²) in [6.45, 7) is 4.93. The molecule has 0 radical (unpaired) electrons. The smallest absolute Gasteiger partial charge is 0.306 e. The molecule has 1 saturated heterocycles. The minimum atomic E-state index is -0.680. The minimum Gasteiger partial charge on any atom is -0.481 e. The van der Waals surface area contributed by atoms with Gasteiger partial charge in [-0.25, -0.2) is 4.68 Å².